The van der Waals surface area contributed by atoms with Gasteiger partial charge in [-0.2, -0.15) is 0 Å². The van der Waals surface area contributed by atoms with Crippen LogP contribution in [-0.4, -0.2) is 42.2 Å². The molecule has 1 N–H and O–H groups in total. The number of likely N-dealkylation sites (tertiary alicyclic amines) is 1. The molecule has 0 atom stereocenters. The first kappa shape index (κ1) is 19.2. The molecule has 29 heavy (non-hydrogen) atoms. The quantitative estimate of drug-likeness (QED) is 0.664. The van der Waals surface area contributed by atoms with E-state index in [-0.39, 0.29) is 0 Å². The number of pyridine rings is 1. The average molecular weight is 394 g/mol. The lowest BCUT2D eigenvalue weighted by Crippen LogP contribution is -2.34. The highest BCUT2D eigenvalue weighted by Crippen LogP contribution is 2.38. The smallest absolute Gasteiger partial charge is 0.130 e. The number of anilines is 1. The molecule has 0 amide bonds. The summed E-state index contributed by atoms with van der Waals surface area (Å²) < 4.78 is 6.20. The van der Waals surface area contributed by atoms with Gasteiger partial charge in [0.05, 0.1) is 12.1 Å². The number of nitrogens with one attached hydrogen (secondary N) is 1. The standard InChI is InChI=1S/C25H35N3O/c1-17-13-19(14-17)26-25-21-8-5-7-20(21)22-15-18(2)24(16-23(22)27-25)29-12-6-11-28-9-3-4-10-28/h15-17,19H,3-14H2,1-2H3,(H,26,27). The van der Waals surface area contributed by atoms with Crippen molar-refractivity contribution in [1.29, 1.82) is 0 Å². The summed E-state index contributed by atoms with van der Waals surface area (Å²) in [6, 6.07) is 5.11. The van der Waals surface area contributed by atoms with E-state index in [0.29, 0.717) is 6.04 Å². The van der Waals surface area contributed by atoms with Gasteiger partial charge in [-0.15, -0.1) is 0 Å². The largest absolute Gasteiger partial charge is 0.493 e. The summed E-state index contributed by atoms with van der Waals surface area (Å²) in [7, 11) is 0. The minimum Gasteiger partial charge on any atom is -0.493 e. The summed E-state index contributed by atoms with van der Waals surface area (Å²) >= 11 is 0. The minimum atomic E-state index is 0.603. The molecule has 2 heterocycles. The zero-order valence-corrected chi connectivity index (χ0v) is 18.1. The van der Waals surface area contributed by atoms with Gasteiger partial charge in [0.15, 0.2) is 0 Å². The first-order valence-corrected chi connectivity index (χ1v) is 11.7. The zero-order chi connectivity index (χ0) is 19.8. The Morgan fingerprint density at radius 2 is 1.90 bits per heavy atom. The van der Waals surface area contributed by atoms with Crippen LogP contribution in [0.4, 0.5) is 5.82 Å². The molecule has 2 aliphatic carbocycles. The summed E-state index contributed by atoms with van der Waals surface area (Å²) in [5.41, 5.74) is 5.33. The molecule has 3 aliphatic rings. The molecule has 0 spiro atoms. The monoisotopic (exact) mass is 393 g/mol. The van der Waals surface area contributed by atoms with Crippen LogP contribution in [0.25, 0.3) is 10.9 Å². The topological polar surface area (TPSA) is 37.4 Å². The molecule has 0 unspecified atom stereocenters. The summed E-state index contributed by atoms with van der Waals surface area (Å²) in [6.07, 6.45) is 9.95. The van der Waals surface area contributed by atoms with Crippen LogP contribution in [0.15, 0.2) is 12.1 Å². The molecule has 1 aromatic carbocycles. The highest BCUT2D eigenvalue weighted by molar-refractivity contribution is 5.88. The third kappa shape index (κ3) is 3.96. The van der Waals surface area contributed by atoms with Crippen molar-refractivity contribution in [2.24, 2.45) is 5.92 Å². The Morgan fingerprint density at radius 1 is 1.10 bits per heavy atom. The Kier molecular flexibility index (Phi) is 5.38. The van der Waals surface area contributed by atoms with Crippen LogP contribution >= 0.6 is 0 Å². The maximum absolute atomic E-state index is 6.20. The number of nitrogens with zero attached hydrogens (tertiary/aromatic N) is 2. The number of rotatable bonds is 7. The Bertz CT molecular complexity index is 882. The summed E-state index contributed by atoms with van der Waals surface area (Å²) in [5.74, 6) is 3.00. The van der Waals surface area contributed by atoms with Crippen molar-refractivity contribution in [3.05, 3.63) is 28.8 Å². The van der Waals surface area contributed by atoms with Gasteiger partial charge in [0.25, 0.3) is 0 Å². The lowest BCUT2D eigenvalue weighted by Gasteiger charge is -2.34. The van der Waals surface area contributed by atoms with Crippen molar-refractivity contribution in [1.82, 2.24) is 9.88 Å². The summed E-state index contributed by atoms with van der Waals surface area (Å²) in [5, 5.41) is 5.10. The van der Waals surface area contributed by atoms with Gasteiger partial charge in [0.2, 0.25) is 0 Å². The maximum Gasteiger partial charge on any atom is 0.130 e. The van der Waals surface area contributed by atoms with Crippen LogP contribution in [0.3, 0.4) is 0 Å². The van der Waals surface area contributed by atoms with Gasteiger partial charge < -0.3 is 15.0 Å². The number of fused-ring (bicyclic) bond motifs is 3. The van der Waals surface area contributed by atoms with Crippen molar-refractivity contribution < 1.29 is 4.74 Å². The maximum atomic E-state index is 6.20. The van der Waals surface area contributed by atoms with Gasteiger partial charge in [0, 0.05) is 24.0 Å². The molecule has 5 rings (SSSR count). The first-order valence-electron chi connectivity index (χ1n) is 11.7. The fourth-order valence-electron chi connectivity index (χ4n) is 5.47. The molecule has 1 aromatic heterocycles. The zero-order valence-electron chi connectivity index (χ0n) is 18.1. The molecule has 2 aromatic rings. The SMILES string of the molecule is Cc1cc2c3c(c(NC4CC(C)C4)nc2cc1OCCCN1CCCC1)CCC3. The summed E-state index contributed by atoms with van der Waals surface area (Å²) in [4.78, 5) is 7.64. The highest BCUT2D eigenvalue weighted by atomic mass is 16.5. The lowest BCUT2D eigenvalue weighted by atomic mass is 9.82. The van der Waals surface area contributed by atoms with E-state index in [1.807, 2.05) is 0 Å². The Balaban J connectivity index is 1.34. The third-order valence-corrected chi connectivity index (χ3v) is 7.14. The van der Waals surface area contributed by atoms with Gasteiger partial charge in [-0.1, -0.05) is 6.92 Å². The lowest BCUT2D eigenvalue weighted by molar-refractivity contribution is 0.262. The highest BCUT2D eigenvalue weighted by Gasteiger charge is 2.28. The Labute approximate surface area is 175 Å². The predicted octanol–water partition coefficient (Wildman–Crippen LogP) is 5.11. The first-order chi connectivity index (χ1) is 14.2. The second-order valence-corrected chi connectivity index (χ2v) is 9.57. The van der Waals surface area contributed by atoms with Crippen LogP contribution in [0.2, 0.25) is 0 Å². The van der Waals surface area contributed by atoms with Gasteiger partial charge in [-0.3, -0.25) is 0 Å². The van der Waals surface area contributed by atoms with E-state index in [1.54, 1.807) is 0 Å². The number of benzene rings is 1. The molecule has 1 saturated heterocycles. The molecule has 2 fully saturated rings. The molecule has 1 aliphatic heterocycles. The van der Waals surface area contributed by atoms with Crippen LogP contribution in [-0.2, 0) is 12.8 Å². The van der Waals surface area contributed by atoms with Crippen molar-refractivity contribution in [3.63, 3.8) is 0 Å². The number of aromatic nitrogens is 1. The number of aryl methyl sites for hydroxylation is 2. The van der Waals surface area contributed by atoms with Crippen LogP contribution in [0.5, 0.6) is 5.75 Å². The van der Waals surface area contributed by atoms with E-state index < -0.39 is 0 Å². The van der Waals surface area contributed by atoms with E-state index in [4.69, 9.17) is 9.72 Å². The van der Waals surface area contributed by atoms with Gasteiger partial charge >= 0.3 is 0 Å². The van der Waals surface area contributed by atoms with E-state index >= 15 is 0 Å². The van der Waals surface area contributed by atoms with E-state index in [9.17, 15) is 0 Å². The fraction of sp³-hybridized carbons (Fsp3) is 0.640. The van der Waals surface area contributed by atoms with Crippen molar-refractivity contribution in [2.45, 2.75) is 71.3 Å². The van der Waals surface area contributed by atoms with Crippen molar-refractivity contribution in [2.75, 3.05) is 31.6 Å². The molecule has 1 saturated carbocycles. The van der Waals surface area contributed by atoms with Crippen LogP contribution in [0.1, 0.15) is 62.1 Å². The molecule has 4 heteroatoms. The molecule has 4 nitrogen and oxygen atoms in total. The fourth-order valence-corrected chi connectivity index (χ4v) is 5.47. The molecule has 156 valence electrons. The van der Waals surface area contributed by atoms with Gasteiger partial charge in [-0.25, -0.2) is 4.98 Å². The average Bonchev–Trinajstić information content (AvgIpc) is 3.37. The normalized spacial score (nSPS) is 23.9. The molecular formula is C25H35N3O. The summed E-state index contributed by atoms with van der Waals surface area (Å²) in [6.45, 7) is 9.00. The number of ether oxygens (including phenoxy) is 1. The predicted molar refractivity (Wildman–Crippen MR) is 120 cm³/mol. The van der Waals surface area contributed by atoms with E-state index in [2.05, 4.69) is 36.2 Å². The van der Waals surface area contributed by atoms with E-state index in [0.717, 1.165) is 49.0 Å². The van der Waals surface area contributed by atoms with Gasteiger partial charge in [-0.05, 0) is 100 Å². The van der Waals surface area contributed by atoms with Crippen LogP contribution < -0.4 is 10.1 Å². The van der Waals surface area contributed by atoms with Crippen LogP contribution in [0, 0.1) is 12.8 Å². The van der Waals surface area contributed by atoms with Crippen molar-refractivity contribution in [3.8, 4) is 5.75 Å². The Morgan fingerprint density at radius 3 is 2.69 bits per heavy atom. The van der Waals surface area contributed by atoms with E-state index in [1.165, 1.54) is 73.7 Å². The second kappa shape index (κ2) is 8.14. The molecule has 0 radical (unpaired) electrons. The molecular weight excluding hydrogens is 358 g/mol. The molecule has 0 bridgehead atoms. The van der Waals surface area contributed by atoms with Crippen molar-refractivity contribution >= 4 is 16.7 Å². The Hall–Kier alpha value is -1.81. The third-order valence-electron chi connectivity index (χ3n) is 7.14. The van der Waals surface area contributed by atoms with Gasteiger partial charge in [0.1, 0.15) is 11.6 Å². The second-order valence-electron chi connectivity index (χ2n) is 9.57. The minimum absolute atomic E-state index is 0.603. The number of hydrogen-bond donors (Lipinski definition) is 1. The number of hydrogen-bond acceptors (Lipinski definition) is 4.